The molecule has 2 aromatic heterocycles. The van der Waals surface area contributed by atoms with Gasteiger partial charge in [0.15, 0.2) is 0 Å². The summed E-state index contributed by atoms with van der Waals surface area (Å²) in [4.78, 5) is 12.0. The number of nitrogens with one attached hydrogen (secondary N) is 4. The van der Waals surface area contributed by atoms with Crippen LogP contribution in [0.4, 0.5) is 11.8 Å². The molecule has 1 aromatic carbocycles. The number of para-hydroxylation sites is 1. The van der Waals surface area contributed by atoms with E-state index in [4.69, 9.17) is 14.7 Å². The van der Waals surface area contributed by atoms with E-state index in [2.05, 4.69) is 42.5 Å². The lowest BCUT2D eigenvalue weighted by Crippen LogP contribution is -2.37. The third kappa shape index (κ3) is 9.88. The summed E-state index contributed by atoms with van der Waals surface area (Å²) in [5.41, 5.74) is 1.80. The molecular formula is C30H48N10O. The molecule has 1 saturated carbocycles. The molecule has 5 rings (SSSR count). The van der Waals surface area contributed by atoms with Crippen LogP contribution in [0.25, 0.3) is 10.9 Å². The van der Waals surface area contributed by atoms with Crippen LogP contribution in [0.1, 0.15) is 57.1 Å². The van der Waals surface area contributed by atoms with Gasteiger partial charge in [-0.1, -0.05) is 36.6 Å². The second-order valence-corrected chi connectivity index (χ2v) is 11.2. The van der Waals surface area contributed by atoms with E-state index in [1.165, 1.54) is 38.5 Å². The molecule has 0 bridgehead atoms. The zero-order valence-electron chi connectivity index (χ0n) is 24.5. The van der Waals surface area contributed by atoms with Crippen LogP contribution in [0, 0.1) is 0 Å². The lowest BCUT2D eigenvalue weighted by atomic mass is 9.95. The van der Waals surface area contributed by atoms with Crippen molar-refractivity contribution >= 4 is 22.7 Å². The van der Waals surface area contributed by atoms with Crippen LogP contribution in [0.5, 0.6) is 0 Å². The summed E-state index contributed by atoms with van der Waals surface area (Å²) >= 11 is 0. The average molecular weight is 565 g/mol. The van der Waals surface area contributed by atoms with E-state index in [1.807, 2.05) is 29.1 Å². The molecule has 41 heavy (non-hydrogen) atoms. The van der Waals surface area contributed by atoms with E-state index >= 15 is 0 Å². The second-order valence-electron chi connectivity index (χ2n) is 11.2. The average Bonchev–Trinajstić information content (AvgIpc) is 3.48. The minimum atomic E-state index is 0.529. The van der Waals surface area contributed by atoms with Crippen LogP contribution in [-0.2, 0) is 17.8 Å². The molecule has 0 radical (unpaired) electrons. The van der Waals surface area contributed by atoms with Gasteiger partial charge < -0.3 is 26.0 Å². The molecule has 11 nitrogen and oxygen atoms in total. The van der Waals surface area contributed by atoms with E-state index < -0.39 is 0 Å². The Morgan fingerprint density at radius 2 is 1.68 bits per heavy atom. The number of anilines is 2. The van der Waals surface area contributed by atoms with Gasteiger partial charge in [-0.15, -0.1) is 5.10 Å². The molecule has 4 N–H and O–H groups in total. The standard InChI is InChI=1S/C30H48N10O/c1-2-9-25(10-3-1)32-15-6-13-31-14-7-18-40-24-26(37-38-40)23-34-30-35-28-12-5-4-11-27(28)29(36-30)33-16-8-17-39-19-21-41-22-20-39/h4-5,11-12,24-25,31-32H,1-3,6-10,13-23H2,(H2,33,34,35,36). The normalized spacial score (nSPS) is 16.8. The minimum Gasteiger partial charge on any atom is -0.379 e. The molecule has 2 aliphatic rings. The van der Waals surface area contributed by atoms with Crippen molar-refractivity contribution in [1.82, 2.24) is 40.5 Å². The summed E-state index contributed by atoms with van der Waals surface area (Å²) < 4.78 is 7.37. The zero-order chi connectivity index (χ0) is 28.0. The Hall–Kier alpha value is -2.86. The predicted molar refractivity (Wildman–Crippen MR) is 164 cm³/mol. The zero-order valence-corrected chi connectivity index (χ0v) is 24.5. The summed E-state index contributed by atoms with van der Waals surface area (Å²) in [6, 6.07) is 8.88. The number of aromatic nitrogens is 5. The Morgan fingerprint density at radius 1 is 0.854 bits per heavy atom. The van der Waals surface area contributed by atoms with Gasteiger partial charge in [0.05, 0.1) is 31.5 Å². The first-order chi connectivity index (χ1) is 20.3. The number of rotatable bonds is 17. The van der Waals surface area contributed by atoms with E-state index in [0.717, 1.165) is 107 Å². The van der Waals surface area contributed by atoms with Crippen molar-refractivity contribution in [3.05, 3.63) is 36.2 Å². The van der Waals surface area contributed by atoms with Gasteiger partial charge in [-0.25, -0.2) is 4.98 Å². The largest absolute Gasteiger partial charge is 0.379 e. The number of aryl methyl sites for hydroxylation is 1. The summed E-state index contributed by atoms with van der Waals surface area (Å²) in [5.74, 6) is 1.46. The molecule has 11 heteroatoms. The molecule has 3 aromatic rings. The van der Waals surface area contributed by atoms with E-state index in [0.29, 0.717) is 12.5 Å². The van der Waals surface area contributed by atoms with Crippen LogP contribution < -0.4 is 21.3 Å². The highest BCUT2D eigenvalue weighted by atomic mass is 16.5. The molecule has 2 fully saturated rings. The molecule has 1 saturated heterocycles. The van der Waals surface area contributed by atoms with Gasteiger partial charge in [-0.2, -0.15) is 4.98 Å². The number of fused-ring (bicyclic) bond motifs is 1. The van der Waals surface area contributed by atoms with E-state index in [9.17, 15) is 0 Å². The Bertz CT molecular complexity index is 1160. The van der Waals surface area contributed by atoms with Gasteiger partial charge in [0.1, 0.15) is 11.5 Å². The van der Waals surface area contributed by atoms with Gasteiger partial charge >= 0.3 is 0 Å². The first-order valence-corrected chi connectivity index (χ1v) is 15.7. The van der Waals surface area contributed by atoms with Crippen LogP contribution in [-0.4, -0.2) is 94.9 Å². The topological polar surface area (TPSA) is 117 Å². The minimum absolute atomic E-state index is 0.529. The Morgan fingerprint density at radius 3 is 2.59 bits per heavy atom. The number of hydrogen-bond acceptors (Lipinski definition) is 10. The first-order valence-electron chi connectivity index (χ1n) is 15.7. The number of morpholine rings is 1. The highest BCUT2D eigenvalue weighted by molar-refractivity contribution is 5.90. The predicted octanol–water partition coefficient (Wildman–Crippen LogP) is 3.26. The van der Waals surface area contributed by atoms with Crippen LogP contribution in [0.3, 0.4) is 0 Å². The summed E-state index contributed by atoms with van der Waals surface area (Å²) in [6.45, 7) is 10.2. The molecular weight excluding hydrogens is 516 g/mol. The molecule has 224 valence electrons. The highest BCUT2D eigenvalue weighted by Gasteiger charge is 2.12. The van der Waals surface area contributed by atoms with Crippen molar-refractivity contribution < 1.29 is 4.74 Å². The van der Waals surface area contributed by atoms with E-state index in [1.54, 1.807) is 0 Å². The summed E-state index contributed by atoms with van der Waals surface area (Å²) in [6.07, 6.45) is 12.2. The second kappa shape index (κ2) is 16.5. The molecule has 1 aliphatic heterocycles. The van der Waals surface area contributed by atoms with Crippen molar-refractivity contribution in [2.75, 3.05) is 69.7 Å². The lowest BCUT2D eigenvalue weighted by Gasteiger charge is -2.26. The number of benzene rings is 1. The monoisotopic (exact) mass is 564 g/mol. The van der Waals surface area contributed by atoms with Crippen molar-refractivity contribution in [1.29, 1.82) is 0 Å². The Labute approximate surface area is 244 Å². The maximum atomic E-state index is 5.45. The summed E-state index contributed by atoms with van der Waals surface area (Å²) in [5, 5.41) is 23.8. The SMILES string of the molecule is c1ccc2c(NCCCN3CCOCC3)nc(NCc3cn(CCCNCCCNC4CCCCC4)nn3)nc2c1. The van der Waals surface area contributed by atoms with Gasteiger partial charge in [-0.3, -0.25) is 9.58 Å². The molecule has 0 spiro atoms. The number of hydrogen-bond donors (Lipinski definition) is 4. The molecule has 0 atom stereocenters. The van der Waals surface area contributed by atoms with Crippen LogP contribution >= 0.6 is 0 Å². The fraction of sp³-hybridized carbons (Fsp3) is 0.667. The highest BCUT2D eigenvalue weighted by Crippen LogP contribution is 2.22. The van der Waals surface area contributed by atoms with Crippen LogP contribution in [0.2, 0.25) is 0 Å². The molecule has 1 aliphatic carbocycles. The lowest BCUT2D eigenvalue weighted by molar-refractivity contribution is 0.0378. The van der Waals surface area contributed by atoms with E-state index in [-0.39, 0.29) is 0 Å². The quantitative estimate of drug-likeness (QED) is 0.182. The van der Waals surface area contributed by atoms with Gasteiger partial charge in [0.2, 0.25) is 5.95 Å². The van der Waals surface area contributed by atoms with Gasteiger partial charge in [0.25, 0.3) is 0 Å². The Kier molecular flexibility index (Phi) is 12.0. The third-order valence-corrected chi connectivity index (χ3v) is 7.97. The Balaban J connectivity index is 1.00. The third-order valence-electron chi connectivity index (χ3n) is 7.97. The fourth-order valence-corrected chi connectivity index (χ4v) is 5.64. The number of nitrogens with zero attached hydrogens (tertiary/aromatic N) is 6. The van der Waals surface area contributed by atoms with Crippen molar-refractivity contribution in [2.24, 2.45) is 0 Å². The van der Waals surface area contributed by atoms with Gasteiger partial charge in [0, 0.05) is 37.6 Å². The summed E-state index contributed by atoms with van der Waals surface area (Å²) in [7, 11) is 0. The molecule has 3 heterocycles. The van der Waals surface area contributed by atoms with Crippen molar-refractivity contribution in [2.45, 2.75) is 70.5 Å². The first kappa shape index (κ1) is 29.6. The van der Waals surface area contributed by atoms with Gasteiger partial charge in [-0.05, 0) is 70.4 Å². The maximum absolute atomic E-state index is 5.45. The van der Waals surface area contributed by atoms with Crippen molar-refractivity contribution in [3.63, 3.8) is 0 Å². The number of ether oxygens (including phenoxy) is 1. The molecule has 0 unspecified atom stereocenters. The smallest absolute Gasteiger partial charge is 0.225 e. The molecule has 0 amide bonds. The fourth-order valence-electron chi connectivity index (χ4n) is 5.64. The maximum Gasteiger partial charge on any atom is 0.225 e. The van der Waals surface area contributed by atoms with Crippen LogP contribution in [0.15, 0.2) is 30.5 Å². The van der Waals surface area contributed by atoms with Crippen molar-refractivity contribution in [3.8, 4) is 0 Å².